The van der Waals surface area contributed by atoms with Crippen LogP contribution in [0.1, 0.15) is 37.5 Å². The van der Waals surface area contributed by atoms with E-state index in [9.17, 15) is 13.2 Å². The molecule has 232 valence electrons. The Kier molecular flexibility index (Phi) is 12.7. The molecule has 0 unspecified atom stereocenters. The Morgan fingerprint density at radius 1 is 0.814 bits per heavy atom. The summed E-state index contributed by atoms with van der Waals surface area (Å²) < 4.78 is 51.1. The van der Waals surface area contributed by atoms with Crippen LogP contribution in [0.25, 0.3) is 12.2 Å². The van der Waals surface area contributed by atoms with Crippen molar-refractivity contribution in [2.24, 2.45) is 0 Å². The molecule has 0 atom stereocenters. The lowest BCUT2D eigenvalue weighted by Crippen LogP contribution is -2.34. The van der Waals surface area contributed by atoms with Gasteiger partial charge in [0.25, 0.3) is 10.1 Å². The van der Waals surface area contributed by atoms with Gasteiger partial charge in [-0.05, 0) is 69.2 Å². The molecule has 10 nitrogen and oxygen atoms in total. The first-order valence-electron chi connectivity index (χ1n) is 13.9. The van der Waals surface area contributed by atoms with Gasteiger partial charge in [-0.25, -0.2) is 9.78 Å². The number of nitrogens with zero attached hydrogens (tertiary/aromatic N) is 2. The van der Waals surface area contributed by atoms with Gasteiger partial charge in [0, 0.05) is 25.0 Å². The van der Waals surface area contributed by atoms with E-state index in [2.05, 4.69) is 4.98 Å². The molecule has 3 rings (SSSR count). The van der Waals surface area contributed by atoms with Gasteiger partial charge in [-0.2, -0.15) is 8.42 Å². The first-order valence-corrected chi connectivity index (χ1v) is 15.3. The maximum atomic E-state index is 12.2. The van der Waals surface area contributed by atoms with Crippen molar-refractivity contribution in [2.75, 3.05) is 51.6 Å². The molecular weight excluding hydrogens is 572 g/mol. The van der Waals surface area contributed by atoms with E-state index in [0.29, 0.717) is 32.3 Å². The molecule has 0 saturated heterocycles. The molecule has 0 aliphatic carbocycles. The number of ether oxygens (including phenoxy) is 4. The van der Waals surface area contributed by atoms with E-state index in [0.717, 1.165) is 22.4 Å². The Labute approximate surface area is 254 Å². The number of carbonyl (C=O) groups excluding carboxylic acids is 1. The van der Waals surface area contributed by atoms with E-state index in [1.54, 1.807) is 31.4 Å². The third-order valence-corrected chi connectivity index (χ3v) is 7.13. The van der Waals surface area contributed by atoms with Crippen LogP contribution in [-0.2, 0) is 28.5 Å². The molecule has 0 radical (unpaired) electrons. The summed E-state index contributed by atoms with van der Waals surface area (Å²) >= 11 is 0. The molecule has 0 N–H and O–H groups in total. The number of aromatic nitrogens is 1. The average molecular weight is 613 g/mol. The summed E-state index contributed by atoms with van der Waals surface area (Å²) in [5.74, 6) is 0.485. The van der Waals surface area contributed by atoms with E-state index in [1.165, 1.54) is 17.0 Å². The van der Waals surface area contributed by atoms with Crippen LogP contribution in [0.15, 0.2) is 71.8 Å². The number of anilines is 1. The molecule has 0 saturated carbocycles. The van der Waals surface area contributed by atoms with Crippen LogP contribution in [0.5, 0.6) is 5.88 Å². The minimum absolute atomic E-state index is 0.0735. The Morgan fingerprint density at radius 3 is 2.00 bits per heavy atom. The van der Waals surface area contributed by atoms with E-state index in [4.69, 9.17) is 23.1 Å². The molecular formula is C32H40N2O8S. The van der Waals surface area contributed by atoms with Crippen LogP contribution in [0.2, 0.25) is 0 Å². The fraction of sp³-hybridized carbons (Fsp3) is 0.375. The molecule has 43 heavy (non-hydrogen) atoms. The summed E-state index contributed by atoms with van der Waals surface area (Å²) in [6.45, 7) is 8.76. The first kappa shape index (κ1) is 33.7. The highest BCUT2D eigenvalue weighted by molar-refractivity contribution is 7.86. The molecule has 0 spiro atoms. The minimum atomic E-state index is -3.79. The highest BCUT2D eigenvalue weighted by Gasteiger charge is 2.20. The third-order valence-electron chi connectivity index (χ3n) is 5.80. The Balaban J connectivity index is 1.28. The van der Waals surface area contributed by atoms with Crippen molar-refractivity contribution in [3.63, 3.8) is 0 Å². The van der Waals surface area contributed by atoms with Crippen molar-refractivity contribution in [2.45, 2.75) is 38.2 Å². The van der Waals surface area contributed by atoms with Crippen LogP contribution in [0.4, 0.5) is 10.5 Å². The van der Waals surface area contributed by atoms with Crippen LogP contribution in [-0.4, -0.2) is 71.8 Å². The maximum Gasteiger partial charge on any atom is 0.414 e. The maximum absolute atomic E-state index is 12.2. The summed E-state index contributed by atoms with van der Waals surface area (Å²) in [6, 6.07) is 17.7. The van der Waals surface area contributed by atoms with Gasteiger partial charge in [-0.15, -0.1) is 0 Å². The van der Waals surface area contributed by atoms with Crippen molar-refractivity contribution < 1.29 is 36.3 Å². The predicted molar refractivity (Wildman–Crippen MR) is 166 cm³/mol. The smallest absolute Gasteiger partial charge is 0.414 e. The summed E-state index contributed by atoms with van der Waals surface area (Å²) in [6.07, 6.45) is 5.21. The largest absolute Gasteiger partial charge is 0.475 e. The number of hydrogen-bond donors (Lipinski definition) is 0. The van der Waals surface area contributed by atoms with E-state index >= 15 is 0 Å². The number of benzene rings is 2. The lowest BCUT2D eigenvalue weighted by Gasteiger charge is -2.24. The number of carbonyl (C=O) groups is 1. The van der Waals surface area contributed by atoms with Crippen molar-refractivity contribution in [3.05, 3.63) is 83.6 Å². The van der Waals surface area contributed by atoms with Gasteiger partial charge in [0.1, 0.15) is 12.2 Å². The average Bonchev–Trinajstić information content (AvgIpc) is 2.97. The van der Waals surface area contributed by atoms with Crippen LogP contribution >= 0.6 is 0 Å². The minimum Gasteiger partial charge on any atom is -0.475 e. The van der Waals surface area contributed by atoms with Gasteiger partial charge in [-0.1, -0.05) is 42.0 Å². The highest BCUT2D eigenvalue weighted by atomic mass is 32.2. The second kappa shape index (κ2) is 16.2. The van der Waals surface area contributed by atoms with Crippen molar-refractivity contribution >= 4 is 34.1 Å². The second-order valence-electron chi connectivity index (χ2n) is 10.6. The zero-order valence-corrected chi connectivity index (χ0v) is 26.1. The number of aryl methyl sites for hydroxylation is 1. The SMILES string of the molecule is Cc1ccc(S(=O)(=O)OCCOCCOCCOc2ccc(/C=C/c3ccc(N(C)C(=O)OC(C)(C)C)cc3)cn2)cc1. The number of rotatable bonds is 15. The predicted octanol–water partition coefficient (Wildman–Crippen LogP) is 5.75. The molecule has 0 bridgehead atoms. The van der Waals surface area contributed by atoms with Crippen molar-refractivity contribution in [3.8, 4) is 5.88 Å². The highest BCUT2D eigenvalue weighted by Crippen LogP contribution is 2.19. The van der Waals surface area contributed by atoms with E-state index in [-0.39, 0.29) is 18.1 Å². The fourth-order valence-corrected chi connectivity index (χ4v) is 4.41. The lowest BCUT2D eigenvalue weighted by molar-refractivity contribution is 0.0275. The number of pyridine rings is 1. The van der Waals surface area contributed by atoms with Crippen LogP contribution in [0.3, 0.4) is 0 Å². The molecule has 11 heteroatoms. The van der Waals surface area contributed by atoms with Crippen molar-refractivity contribution in [1.82, 2.24) is 4.98 Å². The second-order valence-corrected chi connectivity index (χ2v) is 12.2. The zero-order valence-electron chi connectivity index (χ0n) is 25.3. The molecule has 2 aromatic carbocycles. The molecule has 3 aromatic rings. The lowest BCUT2D eigenvalue weighted by atomic mass is 10.1. The molecule has 0 aliphatic rings. The zero-order chi connectivity index (χ0) is 31.3. The summed E-state index contributed by atoms with van der Waals surface area (Å²) in [7, 11) is -2.11. The Bertz CT molecular complexity index is 1420. The van der Waals surface area contributed by atoms with Crippen LogP contribution < -0.4 is 9.64 Å². The quantitative estimate of drug-likeness (QED) is 0.156. The third kappa shape index (κ3) is 12.2. The summed E-state index contributed by atoms with van der Waals surface area (Å²) in [5, 5.41) is 0. The van der Waals surface area contributed by atoms with Crippen molar-refractivity contribution in [1.29, 1.82) is 0 Å². The standard InChI is InChI=1S/C32H40N2O8S/c1-25-6-15-29(16-7-25)43(36,37)41-23-21-39-19-18-38-20-22-40-30-17-12-27(24-33-30)9-8-26-10-13-28(14-11-26)34(5)31(35)42-32(2,3)4/h6-17,24H,18-23H2,1-5H3/b9-8+. The first-order chi connectivity index (χ1) is 20.4. The van der Waals surface area contributed by atoms with Gasteiger partial charge in [0.15, 0.2) is 0 Å². The fourth-order valence-electron chi connectivity index (χ4n) is 3.52. The van der Waals surface area contributed by atoms with Gasteiger partial charge in [0.05, 0.1) is 37.9 Å². The monoisotopic (exact) mass is 612 g/mol. The van der Waals surface area contributed by atoms with Gasteiger partial charge >= 0.3 is 6.09 Å². The Morgan fingerprint density at radius 2 is 1.40 bits per heavy atom. The molecule has 1 aromatic heterocycles. The van der Waals surface area contributed by atoms with Gasteiger partial charge in [-0.3, -0.25) is 9.08 Å². The van der Waals surface area contributed by atoms with E-state index in [1.807, 2.05) is 70.2 Å². The summed E-state index contributed by atoms with van der Waals surface area (Å²) in [4.78, 5) is 18.2. The van der Waals surface area contributed by atoms with Gasteiger partial charge in [0.2, 0.25) is 5.88 Å². The molecule has 1 heterocycles. The molecule has 1 amide bonds. The number of amides is 1. The normalized spacial score (nSPS) is 11.9. The summed E-state index contributed by atoms with van der Waals surface area (Å²) in [5.41, 5.74) is 3.04. The van der Waals surface area contributed by atoms with E-state index < -0.39 is 21.8 Å². The number of hydrogen-bond acceptors (Lipinski definition) is 9. The molecule has 0 aliphatic heterocycles. The molecule has 0 fully saturated rings. The Hall–Kier alpha value is -3.77. The van der Waals surface area contributed by atoms with Crippen LogP contribution in [0, 0.1) is 6.92 Å². The van der Waals surface area contributed by atoms with Gasteiger partial charge < -0.3 is 18.9 Å². The topological polar surface area (TPSA) is 113 Å².